The Balaban J connectivity index is 1.03. The fourth-order valence-electron chi connectivity index (χ4n) is 7.96. The summed E-state index contributed by atoms with van der Waals surface area (Å²) in [4.78, 5) is 12.9. The number of rotatable bonds is 13. The lowest BCUT2D eigenvalue weighted by Gasteiger charge is -2.46. The van der Waals surface area contributed by atoms with Crippen LogP contribution in [0.1, 0.15) is 5.76 Å². The number of aromatic hydroxyl groups is 1. The number of fused-ring (bicyclic) bond motifs is 2. The summed E-state index contributed by atoms with van der Waals surface area (Å²) >= 11 is 0. The zero-order chi connectivity index (χ0) is 46.5. The van der Waals surface area contributed by atoms with E-state index in [1.54, 1.807) is 6.92 Å². The summed E-state index contributed by atoms with van der Waals surface area (Å²) < 4.78 is 56.0. The number of phenolic OH excluding ortho intramolecular Hbond substituents is 1. The summed E-state index contributed by atoms with van der Waals surface area (Å²) in [6.07, 6.45) is -36.0. The van der Waals surface area contributed by atoms with E-state index in [2.05, 4.69) is 0 Å². The predicted molar refractivity (Wildman–Crippen MR) is 205 cm³/mol. The van der Waals surface area contributed by atoms with Gasteiger partial charge in [-0.15, -0.1) is 0 Å². The Morgan fingerprint density at radius 3 is 1.66 bits per heavy atom. The number of methoxy groups -OCH3 is 1. The molecule has 1 aromatic heterocycles. The van der Waals surface area contributed by atoms with Crippen molar-refractivity contribution in [3.05, 3.63) is 40.2 Å². The number of benzene rings is 2. The second kappa shape index (κ2) is 19.8. The standard InChI is InChI=1S/C39H52O25/c1-11-3-14(42)22-15(58-11)5-12-4-13(55-2)6-16(21(12)27(22)47)59-38-32(52)30(50)25(45)20(63-38)10-56-36-31(51)29(49)24(44)19(62-36)9-57-37-34(54)35(26(46)18(8-41)60-37)64-39-33(53)28(48)23(43)17(7-40)61-39/h3-6,17-20,23-26,28-41,43-54H,7-10H2,1-2H3/t17-,18-,19-,20-,23-,24-,25-,26-,28+,29+,30+,31-,32-,33-,34-,35+,36-,37-,38-,39+/m1/s1. The van der Waals surface area contributed by atoms with Crippen LogP contribution in [0, 0.1) is 6.92 Å². The molecule has 0 spiro atoms. The molecule has 0 bridgehead atoms. The van der Waals surface area contributed by atoms with Crippen molar-refractivity contribution in [1.29, 1.82) is 0 Å². The van der Waals surface area contributed by atoms with Crippen molar-refractivity contribution >= 4 is 21.7 Å². The molecule has 20 atom stereocenters. The molecule has 0 amide bonds. The van der Waals surface area contributed by atoms with Gasteiger partial charge in [0.05, 0.1) is 38.9 Å². The van der Waals surface area contributed by atoms with Gasteiger partial charge in [-0.1, -0.05) is 0 Å². The molecule has 25 heteroatoms. The fraction of sp³-hybridized carbons (Fsp3) is 0.667. The quantitative estimate of drug-likeness (QED) is 0.0709. The SMILES string of the molecule is COc1cc(O[C@@H]2O[C@H](CO[C@@H]3O[C@H](CO[C@@H]4O[C@H](CO)[C@@H](O)[C@H](O[C@@H]5O[C@H](CO)[C@@H](O)[C@H](O)[C@H]5O)[C@H]4O)[C@@H](O)[C@H](O)[C@H]3O)[C@@H](O)[C@H](O)[C@H]2O)c2c(O)c3c(=O)cc(C)oc3cc2c1. The van der Waals surface area contributed by atoms with Crippen LogP contribution in [0.5, 0.6) is 17.2 Å². The normalized spacial score (nSPS) is 40.7. The van der Waals surface area contributed by atoms with Crippen LogP contribution in [0.25, 0.3) is 21.7 Å². The van der Waals surface area contributed by atoms with Crippen molar-refractivity contribution in [2.24, 2.45) is 0 Å². The lowest BCUT2D eigenvalue weighted by molar-refractivity contribution is -0.366. The van der Waals surface area contributed by atoms with Crippen LogP contribution in [0.3, 0.4) is 0 Å². The van der Waals surface area contributed by atoms with Crippen molar-refractivity contribution in [2.45, 2.75) is 130 Å². The Kier molecular flexibility index (Phi) is 15.0. The minimum Gasteiger partial charge on any atom is -0.506 e. The Bertz CT molecular complexity index is 2120. The minimum atomic E-state index is -1.98. The van der Waals surface area contributed by atoms with E-state index < -0.39 is 160 Å². The average molecular weight is 921 g/mol. The molecule has 4 aliphatic heterocycles. The Morgan fingerprint density at radius 1 is 0.562 bits per heavy atom. The summed E-state index contributed by atoms with van der Waals surface area (Å²) in [5.74, 6) is -0.252. The Morgan fingerprint density at radius 2 is 1.06 bits per heavy atom. The summed E-state index contributed by atoms with van der Waals surface area (Å²) in [5.41, 5.74) is -0.507. The van der Waals surface area contributed by atoms with Gasteiger partial charge in [0.25, 0.3) is 0 Å². The largest absolute Gasteiger partial charge is 0.506 e. The van der Waals surface area contributed by atoms with Gasteiger partial charge in [0, 0.05) is 12.1 Å². The monoisotopic (exact) mass is 920 g/mol. The predicted octanol–water partition coefficient (Wildman–Crippen LogP) is -6.38. The second-order valence-corrected chi connectivity index (χ2v) is 15.9. The van der Waals surface area contributed by atoms with Crippen LogP contribution in [-0.4, -0.2) is 228 Å². The first-order valence-corrected chi connectivity index (χ1v) is 20.0. The van der Waals surface area contributed by atoms with Crippen LogP contribution in [-0.2, 0) is 33.2 Å². The summed E-state index contributed by atoms with van der Waals surface area (Å²) in [7, 11) is 1.34. The molecule has 0 aliphatic carbocycles. The first-order valence-electron chi connectivity index (χ1n) is 20.0. The maximum absolute atomic E-state index is 12.9. The van der Waals surface area contributed by atoms with E-state index in [0.717, 1.165) is 0 Å². The Labute approximate surface area is 360 Å². The molecule has 3 aromatic rings. The molecule has 14 N–H and O–H groups in total. The topological polar surface area (TPSA) is 397 Å². The molecule has 2 aromatic carbocycles. The zero-order valence-corrected chi connectivity index (χ0v) is 33.9. The van der Waals surface area contributed by atoms with E-state index >= 15 is 0 Å². The molecule has 0 unspecified atom stereocenters. The van der Waals surface area contributed by atoms with Gasteiger partial charge in [0.1, 0.15) is 132 Å². The molecular formula is C39H52O25. The minimum absolute atomic E-state index is 0.0285. The second-order valence-electron chi connectivity index (χ2n) is 15.9. The van der Waals surface area contributed by atoms with Crippen LogP contribution >= 0.6 is 0 Å². The smallest absolute Gasteiger partial charge is 0.229 e. The third-order valence-corrected chi connectivity index (χ3v) is 11.6. The van der Waals surface area contributed by atoms with Gasteiger partial charge in [-0.2, -0.15) is 0 Å². The van der Waals surface area contributed by atoms with Crippen molar-refractivity contribution in [1.82, 2.24) is 0 Å². The van der Waals surface area contributed by atoms with Crippen LogP contribution < -0.4 is 14.9 Å². The summed E-state index contributed by atoms with van der Waals surface area (Å²) in [6.45, 7) is -1.62. The molecule has 4 aliphatic rings. The lowest BCUT2D eigenvalue weighted by Crippen LogP contribution is -2.65. The lowest BCUT2D eigenvalue weighted by atomic mass is 9.96. The van der Waals surface area contributed by atoms with Gasteiger partial charge in [-0.3, -0.25) is 4.79 Å². The van der Waals surface area contributed by atoms with E-state index in [4.69, 9.17) is 47.0 Å². The maximum Gasteiger partial charge on any atom is 0.229 e. The van der Waals surface area contributed by atoms with Crippen LogP contribution in [0.2, 0.25) is 0 Å². The molecule has 5 heterocycles. The van der Waals surface area contributed by atoms with Crippen molar-refractivity contribution < 1.29 is 119 Å². The van der Waals surface area contributed by atoms with Gasteiger partial charge in [-0.25, -0.2) is 0 Å². The molecule has 64 heavy (non-hydrogen) atoms. The van der Waals surface area contributed by atoms with E-state index in [0.29, 0.717) is 0 Å². The van der Waals surface area contributed by atoms with Gasteiger partial charge in [0.2, 0.25) is 6.29 Å². The number of aliphatic hydroxyl groups excluding tert-OH is 13. The number of aliphatic hydroxyl groups is 13. The molecular weight excluding hydrogens is 868 g/mol. The molecule has 0 radical (unpaired) electrons. The molecule has 7 rings (SSSR count). The first kappa shape index (κ1) is 48.4. The van der Waals surface area contributed by atoms with Crippen molar-refractivity contribution in [3.8, 4) is 17.2 Å². The van der Waals surface area contributed by atoms with E-state index in [9.17, 15) is 76.3 Å². The number of hydrogen-bond donors (Lipinski definition) is 14. The summed E-state index contributed by atoms with van der Waals surface area (Å²) in [5, 5.41) is 148. The molecule has 358 valence electrons. The number of ether oxygens (including phenoxy) is 9. The highest BCUT2D eigenvalue weighted by atomic mass is 16.8. The van der Waals surface area contributed by atoms with Crippen molar-refractivity contribution in [3.63, 3.8) is 0 Å². The molecule has 0 saturated carbocycles. The number of hydrogen-bond acceptors (Lipinski definition) is 25. The first-order chi connectivity index (χ1) is 30.4. The van der Waals surface area contributed by atoms with Gasteiger partial charge in [-0.05, 0) is 24.4 Å². The highest BCUT2D eigenvalue weighted by molar-refractivity contribution is 6.06. The fourth-order valence-corrected chi connectivity index (χ4v) is 7.96. The van der Waals surface area contributed by atoms with Gasteiger partial charge < -0.3 is 119 Å². The zero-order valence-electron chi connectivity index (χ0n) is 33.9. The van der Waals surface area contributed by atoms with Gasteiger partial charge in [0.15, 0.2) is 24.3 Å². The molecule has 4 fully saturated rings. The number of aryl methyl sites for hydroxylation is 1. The van der Waals surface area contributed by atoms with Gasteiger partial charge >= 0.3 is 0 Å². The average Bonchev–Trinajstić information content (AvgIpc) is 3.26. The maximum atomic E-state index is 12.9. The van der Waals surface area contributed by atoms with E-state index in [1.807, 2.05) is 0 Å². The third-order valence-electron chi connectivity index (χ3n) is 11.6. The van der Waals surface area contributed by atoms with Crippen LogP contribution in [0.4, 0.5) is 0 Å². The van der Waals surface area contributed by atoms with E-state index in [1.165, 1.54) is 31.4 Å². The van der Waals surface area contributed by atoms with Crippen LogP contribution in [0.15, 0.2) is 33.5 Å². The third kappa shape index (κ3) is 9.27. The molecule has 25 nitrogen and oxygen atoms in total. The van der Waals surface area contributed by atoms with E-state index in [-0.39, 0.29) is 39.0 Å². The summed E-state index contributed by atoms with van der Waals surface area (Å²) in [6, 6.07) is 5.45. The van der Waals surface area contributed by atoms with Crippen molar-refractivity contribution in [2.75, 3.05) is 33.5 Å². The number of phenols is 1. The Hall–Kier alpha value is -3.49. The highest BCUT2D eigenvalue weighted by Crippen LogP contribution is 2.42. The molecule has 4 saturated heterocycles. The highest BCUT2D eigenvalue weighted by Gasteiger charge is 2.52.